The summed E-state index contributed by atoms with van der Waals surface area (Å²) in [5, 5.41) is 2.81. The maximum Gasteiger partial charge on any atom is 0.238 e. The summed E-state index contributed by atoms with van der Waals surface area (Å²) < 4.78 is 0. The molecule has 23 heavy (non-hydrogen) atoms. The van der Waals surface area contributed by atoms with Crippen LogP contribution < -0.4 is 16.8 Å². The maximum atomic E-state index is 12.2. The van der Waals surface area contributed by atoms with Crippen molar-refractivity contribution in [2.24, 2.45) is 11.5 Å². The van der Waals surface area contributed by atoms with Gasteiger partial charge in [0.1, 0.15) is 0 Å². The molecule has 0 spiro atoms. The molecule has 1 aromatic carbocycles. The Morgan fingerprint density at radius 1 is 1.26 bits per heavy atom. The van der Waals surface area contributed by atoms with Gasteiger partial charge in [0.2, 0.25) is 17.7 Å². The molecule has 1 saturated heterocycles. The molecule has 1 unspecified atom stereocenters. The Kier molecular flexibility index (Phi) is 6.00. The van der Waals surface area contributed by atoms with Gasteiger partial charge in [-0.2, -0.15) is 0 Å². The summed E-state index contributed by atoms with van der Waals surface area (Å²) in [6.45, 7) is 0.793. The van der Waals surface area contributed by atoms with Crippen LogP contribution in [0.2, 0.25) is 0 Å². The number of thioether (sulfide) groups is 1. The fourth-order valence-electron chi connectivity index (χ4n) is 2.56. The number of nitrogens with zero attached hydrogens (tertiary/aromatic N) is 1. The van der Waals surface area contributed by atoms with Crippen LogP contribution in [0.4, 0.5) is 5.69 Å². The summed E-state index contributed by atoms with van der Waals surface area (Å²) in [5.74, 6) is -0.890. The molecule has 3 amide bonds. The van der Waals surface area contributed by atoms with Crippen molar-refractivity contribution in [1.82, 2.24) is 4.90 Å². The Hall–Kier alpha value is -2.06. The Morgan fingerprint density at radius 2 is 2.00 bits per heavy atom. The Balaban J connectivity index is 1.97. The molecule has 1 fully saturated rings. The number of anilines is 1. The molecule has 1 aliphatic heterocycles. The molecule has 0 aromatic heterocycles. The molecule has 1 aromatic rings. The second-order valence-electron chi connectivity index (χ2n) is 5.33. The first kappa shape index (κ1) is 17.3. The number of benzene rings is 1. The van der Waals surface area contributed by atoms with Crippen LogP contribution in [0.1, 0.15) is 12.8 Å². The number of carbonyl (C=O) groups is 3. The van der Waals surface area contributed by atoms with Gasteiger partial charge >= 0.3 is 0 Å². The zero-order valence-corrected chi connectivity index (χ0v) is 13.5. The SMILES string of the molecule is NC(=O)CSc1ccccc1NC(=O)CN1CCCC1C(N)=O. The van der Waals surface area contributed by atoms with Crippen molar-refractivity contribution in [3.05, 3.63) is 24.3 Å². The first-order valence-corrected chi connectivity index (χ1v) is 8.29. The highest BCUT2D eigenvalue weighted by Gasteiger charge is 2.30. The third-order valence-corrected chi connectivity index (χ3v) is 4.67. The molecular formula is C15H20N4O3S. The molecule has 124 valence electrons. The van der Waals surface area contributed by atoms with Crippen LogP contribution in [-0.4, -0.2) is 47.5 Å². The molecule has 8 heteroatoms. The molecule has 5 N–H and O–H groups in total. The van der Waals surface area contributed by atoms with Gasteiger partial charge in [0.25, 0.3) is 0 Å². The Labute approximate surface area is 138 Å². The van der Waals surface area contributed by atoms with E-state index in [0.717, 1.165) is 11.3 Å². The van der Waals surface area contributed by atoms with Gasteiger partial charge in [0.15, 0.2) is 0 Å². The number of likely N-dealkylation sites (tertiary alicyclic amines) is 1. The number of carbonyl (C=O) groups excluding carboxylic acids is 3. The third kappa shape index (κ3) is 4.97. The molecular weight excluding hydrogens is 316 g/mol. The Morgan fingerprint density at radius 3 is 2.70 bits per heavy atom. The standard InChI is InChI=1S/C15H20N4O3S/c16-13(20)9-23-12-6-2-1-4-10(12)18-14(21)8-19-7-3-5-11(19)15(17)22/h1-2,4,6,11H,3,5,7-9H2,(H2,16,20)(H2,17,22)(H,18,21). The lowest BCUT2D eigenvalue weighted by molar-refractivity contribution is -0.124. The molecule has 1 aliphatic rings. The number of primary amides is 2. The zero-order valence-electron chi connectivity index (χ0n) is 12.7. The van der Waals surface area contributed by atoms with Crippen LogP contribution in [0.5, 0.6) is 0 Å². The van der Waals surface area contributed by atoms with Gasteiger partial charge in [0.05, 0.1) is 24.0 Å². The molecule has 0 aliphatic carbocycles. The molecule has 1 atom stereocenters. The quantitative estimate of drug-likeness (QED) is 0.613. The van der Waals surface area contributed by atoms with Crippen LogP contribution in [0.3, 0.4) is 0 Å². The predicted molar refractivity (Wildman–Crippen MR) is 88.8 cm³/mol. The second kappa shape index (κ2) is 7.98. The van der Waals surface area contributed by atoms with E-state index in [9.17, 15) is 14.4 Å². The fraction of sp³-hybridized carbons (Fsp3) is 0.400. The lowest BCUT2D eigenvalue weighted by Gasteiger charge is -2.21. The number of amides is 3. The number of nitrogens with one attached hydrogen (secondary N) is 1. The van der Waals surface area contributed by atoms with Crippen molar-refractivity contribution in [2.75, 3.05) is 24.2 Å². The highest BCUT2D eigenvalue weighted by atomic mass is 32.2. The van der Waals surface area contributed by atoms with Crippen molar-refractivity contribution in [3.63, 3.8) is 0 Å². The summed E-state index contributed by atoms with van der Waals surface area (Å²) in [7, 11) is 0. The number of hydrogen-bond donors (Lipinski definition) is 3. The first-order valence-electron chi connectivity index (χ1n) is 7.30. The van der Waals surface area contributed by atoms with Crippen molar-refractivity contribution in [2.45, 2.75) is 23.8 Å². The topological polar surface area (TPSA) is 119 Å². The molecule has 1 heterocycles. The fourth-order valence-corrected chi connectivity index (χ4v) is 3.30. The van der Waals surface area contributed by atoms with Crippen LogP contribution in [-0.2, 0) is 14.4 Å². The molecule has 7 nitrogen and oxygen atoms in total. The first-order chi connectivity index (χ1) is 11.0. The minimum Gasteiger partial charge on any atom is -0.369 e. The van der Waals surface area contributed by atoms with E-state index in [1.54, 1.807) is 17.0 Å². The van der Waals surface area contributed by atoms with Crippen molar-refractivity contribution in [3.8, 4) is 0 Å². The number of nitrogens with two attached hydrogens (primary N) is 2. The highest BCUT2D eigenvalue weighted by molar-refractivity contribution is 8.00. The van der Waals surface area contributed by atoms with E-state index in [1.165, 1.54) is 11.8 Å². The van der Waals surface area contributed by atoms with Gasteiger partial charge in [-0.15, -0.1) is 11.8 Å². The van der Waals surface area contributed by atoms with Crippen LogP contribution in [0.15, 0.2) is 29.2 Å². The van der Waals surface area contributed by atoms with Gasteiger partial charge < -0.3 is 16.8 Å². The van der Waals surface area contributed by atoms with Gasteiger partial charge in [-0.05, 0) is 31.5 Å². The van der Waals surface area contributed by atoms with E-state index in [2.05, 4.69) is 5.32 Å². The molecule has 0 bridgehead atoms. The maximum absolute atomic E-state index is 12.2. The molecule has 0 saturated carbocycles. The smallest absolute Gasteiger partial charge is 0.238 e. The zero-order chi connectivity index (χ0) is 16.8. The van der Waals surface area contributed by atoms with E-state index in [0.29, 0.717) is 18.7 Å². The summed E-state index contributed by atoms with van der Waals surface area (Å²) >= 11 is 1.27. The van der Waals surface area contributed by atoms with Crippen LogP contribution in [0.25, 0.3) is 0 Å². The normalized spacial score (nSPS) is 17.8. The van der Waals surface area contributed by atoms with Gasteiger partial charge in [-0.25, -0.2) is 0 Å². The van der Waals surface area contributed by atoms with E-state index in [4.69, 9.17) is 11.5 Å². The average Bonchev–Trinajstić information content (AvgIpc) is 2.94. The van der Waals surface area contributed by atoms with Gasteiger partial charge in [0, 0.05) is 4.90 Å². The van der Waals surface area contributed by atoms with Crippen LogP contribution in [0, 0.1) is 0 Å². The third-order valence-electron chi connectivity index (χ3n) is 3.57. The summed E-state index contributed by atoms with van der Waals surface area (Å²) in [4.78, 5) is 37.0. The lowest BCUT2D eigenvalue weighted by Crippen LogP contribution is -2.43. The Bertz CT molecular complexity index is 608. The van der Waals surface area contributed by atoms with Crippen LogP contribution >= 0.6 is 11.8 Å². The van der Waals surface area contributed by atoms with E-state index >= 15 is 0 Å². The minimum atomic E-state index is -0.419. The largest absolute Gasteiger partial charge is 0.369 e. The van der Waals surface area contributed by atoms with Crippen molar-refractivity contribution < 1.29 is 14.4 Å². The monoisotopic (exact) mass is 336 g/mol. The molecule has 0 radical (unpaired) electrons. The van der Waals surface area contributed by atoms with Gasteiger partial charge in [-0.1, -0.05) is 12.1 Å². The average molecular weight is 336 g/mol. The van der Waals surface area contributed by atoms with E-state index in [-0.39, 0.29) is 24.2 Å². The molecule has 2 rings (SSSR count). The van der Waals surface area contributed by atoms with Crippen molar-refractivity contribution >= 4 is 35.2 Å². The second-order valence-corrected chi connectivity index (χ2v) is 6.35. The highest BCUT2D eigenvalue weighted by Crippen LogP contribution is 2.27. The summed E-state index contributed by atoms with van der Waals surface area (Å²) in [5.41, 5.74) is 11.1. The van der Waals surface area contributed by atoms with Crippen molar-refractivity contribution in [1.29, 1.82) is 0 Å². The number of rotatable bonds is 7. The summed E-state index contributed by atoms with van der Waals surface area (Å²) in [6.07, 6.45) is 1.54. The lowest BCUT2D eigenvalue weighted by atomic mass is 10.2. The predicted octanol–water partition coefficient (Wildman–Crippen LogP) is 0.152. The number of hydrogen-bond acceptors (Lipinski definition) is 5. The minimum absolute atomic E-state index is 0.114. The van der Waals surface area contributed by atoms with Gasteiger partial charge in [-0.3, -0.25) is 19.3 Å². The van der Waals surface area contributed by atoms with E-state index in [1.807, 2.05) is 12.1 Å². The number of para-hydroxylation sites is 1. The van der Waals surface area contributed by atoms with E-state index < -0.39 is 11.8 Å². The summed E-state index contributed by atoms with van der Waals surface area (Å²) in [6, 6.07) is 6.82.